The van der Waals surface area contributed by atoms with E-state index >= 15 is 0 Å². The van der Waals surface area contributed by atoms with Crippen molar-refractivity contribution in [3.05, 3.63) is 41.1 Å². The molecule has 2 aromatic rings. The highest BCUT2D eigenvalue weighted by molar-refractivity contribution is 5.86. The van der Waals surface area contributed by atoms with Crippen LogP contribution in [0, 0.1) is 0 Å². The van der Waals surface area contributed by atoms with Gasteiger partial charge in [-0.1, -0.05) is 50.8 Å². The summed E-state index contributed by atoms with van der Waals surface area (Å²) in [7, 11) is 0. The minimum Gasteiger partial charge on any atom is -0.387 e. The van der Waals surface area contributed by atoms with Gasteiger partial charge in [0.05, 0.1) is 11.6 Å². The average Bonchev–Trinajstić information content (AvgIpc) is 2.61. The molecule has 0 fully saturated rings. The number of halogens is 4. The largest absolute Gasteiger partial charge is 0.387 e. The number of aliphatic hydroxyl groups excluding tert-OH is 1. The molecule has 0 amide bonds. The van der Waals surface area contributed by atoms with Gasteiger partial charge in [-0.2, -0.15) is 8.78 Å². The second-order valence-corrected chi connectivity index (χ2v) is 7.53. The van der Waals surface area contributed by atoms with Crippen molar-refractivity contribution in [2.75, 3.05) is 0 Å². The normalized spacial score (nSPS) is 15.0. The van der Waals surface area contributed by atoms with Crippen molar-refractivity contribution < 1.29 is 22.7 Å². The number of aliphatic hydroxyl groups is 1. The molecule has 0 aliphatic carbocycles. The fraction of sp³-hybridized carbons (Fsp3) is 0.571. The van der Waals surface area contributed by atoms with Crippen LogP contribution in [-0.4, -0.2) is 16.1 Å². The molecule has 0 saturated carbocycles. The van der Waals surface area contributed by atoms with Crippen molar-refractivity contribution in [2.24, 2.45) is 5.73 Å². The van der Waals surface area contributed by atoms with Gasteiger partial charge < -0.3 is 10.8 Å². The predicted octanol–water partition coefficient (Wildman–Crippen LogP) is 5.79. The standard InChI is InChI=1S/C21H28F4N2O/c1-4-5-6-7-11-16(26)19(28)14-12-17(21(3,24)25)27-18-13(14)9-8-10-15(18)20(2,22)23/h8-10,12,16,19,28H,4-7,11,26H2,1-3H3. The maximum Gasteiger partial charge on any atom is 0.287 e. The zero-order valence-corrected chi connectivity index (χ0v) is 16.5. The number of nitrogens with two attached hydrogens (primary N) is 1. The lowest BCUT2D eigenvalue weighted by Crippen LogP contribution is -2.29. The van der Waals surface area contributed by atoms with Crippen LogP contribution >= 0.6 is 0 Å². The summed E-state index contributed by atoms with van der Waals surface area (Å²) in [5, 5.41) is 11.0. The molecule has 1 aromatic heterocycles. The van der Waals surface area contributed by atoms with Crippen LogP contribution in [-0.2, 0) is 11.8 Å². The quantitative estimate of drug-likeness (QED) is 0.414. The first kappa shape index (κ1) is 22.6. The van der Waals surface area contributed by atoms with Crippen LogP contribution in [0.5, 0.6) is 0 Å². The first-order chi connectivity index (χ1) is 13.0. The van der Waals surface area contributed by atoms with Crippen molar-refractivity contribution in [2.45, 2.75) is 76.9 Å². The van der Waals surface area contributed by atoms with Gasteiger partial charge in [-0.3, -0.25) is 0 Å². The number of aromatic nitrogens is 1. The lowest BCUT2D eigenvalue weighted by atomic mass is 9.92. The summed E-state index contributed by atoms with van der Waals surface area (Å²) in [4.78, 5) is 3.82. The Morgan fingerprint density at radius 2 is 1.75 bits per heavy atom. The first-order valence-corrected chi connectivity index (χ1v) is 9.60. The molecule has 7 heteroatoms. The summed E-state index contributed by atoms with van der Waals surface area (Å²) in [6, 6.07) is 4.46. The van der Waals surface area contributed by atoms with Gasteiger partial charge in [0.2, 0.25) is 0 Å². The van der Waals surface area contributed by atoms with E-state index in [-0.39, 0.29) is 16.5 Å². The fourth-order valence-electron chi connectivity index (χ4n) is 3.29. The summed E-state index contributed by atoms with van der Waals surface area (Å²) in [6.45, 7) is 3.41. The predicted molar refractivity (Wildman–Crippen MR) is 103 cm³/mol. The molecule has 0 aliphatic rings. The Labute approximate surface area is 163 Å². The van der Waals surface area contributed by atoms with Crippen LogP contribution < -0.4 is 5.73 Å². The third kappa shape index (κ3) is 5.20. The molecular weight excluding hydrogens is 372 g/mol. The van der Waals surface area contributed by atoms with E-state index in [9.17, 15) is 22.7 Å². The molecule has 2 atom stereocenters. The van der Waals surface area contributed by atoms with E-state index in [2.05, 4.69) is 11.9 Å². The lowest BCUT2D eigenvalue weighted by molar-refractivity contribution is 0.0114. The molecule has 2 unspecified atom stereocenters. The highest BCUT2D eigenvalue weighted by Crippen LogP contribution is 2.38. The van der Waals surface area contributed by atoms with E-state index in [1.807, 2.05) is 0 Å². The van der Waals surface area contributed by atoms with Crippen LogP contribution in [0.1, 0.15) is 75.8 Å². The SMILES string of the molecule is CCCCCCC(N)C(O)c1cc(C(C)(F)F)nc2c(C(C)(F)F)cccc12. The zero-order chi connectivity index (χ0) is 21.1. The Morgan fingerprint density at radius 1 is 1.07 bits per heavy atom. The third-order valence-electron chi connectivity index (χ3n) is 4.91. The van der Waals surface area contributed by atoms with E-state index in [1.54, 1.807) is 0 Å². The number of fused-ring (bicyclic) bond motifs is 1. The van der Waals surface area contributed by atoms with Crippen molar-refractivity contribution in [1.29, 1.82) is 0 Å². The van der Waals surface area contributed by atoms with Gasteiger partial charge >= 0.3 is 0 Å². The number of alkyl halides is 4. The molecule has 2 rings (SSSR count). The van der Waals surface area contributed by atoms with Crippen molar-refractivity contribution >= 4 is 10.9 Å². The Hall–Kier alpha value is -1.73. The van der Waals surface area contributed by atoms with E-state index in [1.165, 1.54) is 12.1 Å². The summed E-state index contributed by atoms with van der Waals surface area (Å²) in [6.07, 6.45) is 3.10. The summed E-state index contributed by atoms with van der Waals surface area (Å²) < 4.78 is 56.0. The smallest absolute Gasteiger partial charge is 0.287 e. The molecule has 0 radical (unpaired) electrons. The Kier molecular flexibility index (Phi) is 7.04. The number of rotatable bonds is 9. The van der Waals surface area contributed by atoms with Gasteiger partial charge in [-0.05, 0) is 18.1 Å². The fourth-order valence-corrected chi connectivity index (χ4v) is 3.29. The molecule has 28 heavy (non-hydrogen) atoms. The Bertz CT molecular complexity index is 799. The number of unbranched alkanes of at least 4 members (excludes halogenated alkanes) is 3. The molecule has 0 saturated heterocycles. The van der Waals surface area contributed by atoms with Gasteiger partial charge in [0.25, 0.3) is 11.8 Å². The van der Waals surface area contributed by atoms with Crippen molar-refractivity contribution in [3.8, 4) is 0 Å². The monoisotopic (exact) mass is 400 g/mol. The zero-order valence-electron chi connectivity index (χ0n) is 16.5. The first-order valence-electron chi connectivity index (χ1n) is 9.60. The number of pyridine rings is 1. The molecule has 1 heterocycles. The van der Waals surface area contributed by atoms with E-state index < -0.39 is 35.2 Å². The maximum absolute atomic E-state index is 14.0. The second-order valence-electron chi connectivity index (χ2n) is 7.53. The van der Waals surface area contributed by atoms with Gasteiger partial charge in [0.15, 0.2) is 0 Å². The summed E-state index contributed by atoms with van der Waals surface area (Å²) in [5.41, 5.74) is 4.85. The lowest BCUT2D eigenvalue weighted by Gasteiger charge is -2.24. The van der Waals surface area contributed by atoms with E-state index in [0.29, 0.717) is 20.3 Å². The number of hydrogen-bond acceptors (Lipinski definition) is 3. The molecule has 0 bridgehead atoms. The van der Waals surface area contributed by atoms with E-state index in [0.717, 1.165) is 37.8 Å². The van der Waals surface area contributed by atoms with Crippen LogP contribution in [0.3, 0.4) is 0 Å². The number of benzene rings is 1. The molecule has 1 aromatic carbocycles. The minimum absolute atomic E-state index is 0.107. The topological polar surface area (TPSA) is 59.1 Å². The Morgan fingerprint density at radius 3 is 2.32 bits per heavy atom. The average molecular weight is 400 g/mol. The highest BCUT2D eigenvalue weighted by atomic mass is 19.3. The van der Waals surface area contributed by atoms with Crippen LogP contribution in [0.25, 0.3) is 10.9 Å². The summed E-state index contributed by atoms with van der Waals surface area (Å²) >= 11 is 0. The third-order valence-corrected chi connectivity index (χ3v) is 4.91. The van der Waals surface area contributed by atoms with Gasteiger partial charge in [-0.15, -0.1) is 0 Å². The van der Waals surface area contributed by atoms with Crippen LogP contribution in [0.15, 0.2) is 24.3 Å². The van der Waals surface area contributed by atoms with E-state index in [4.69, 9.17) is 5.73 Å². The molecule has 0 spiro atoms. The Balaban J connectivity index is 2.54. The van der Waals surface area contributed by atoms with Crippen molar-refractivity contribution in [1.82, 2.24) is 4.98 Å². The molecule has 3 N–H and O–H groups in total. The van der Waals surface area contributed by atoms with Gasteiger partial charge in [0.1, 0.15) is 5.69 Å². The maximum atomic E-state index is 14.0. The second kappa shape index (κ2) is 8.74. The molecular formula is C21H28F4N2O. The van der Waals surface area contributed by atoms with Crippen LogP contribution in [0.2, 0.25) is 0 Å². The molecule has 3 nitrogen and oxygen atoms in total. The van der Waals surface area contributed by atoms with Gasteiger partial charge in [-0.25, -0.2) is 13.8 Å². The highest BCUT2D eigenvalue weighted by Gasteiger charge is 2.33. The summed E-state index contributed by atoms with van der Waals surface area (Å²) in [5.74, 6) is -6.61. The minimum atomic E-state index is -3.34. The van der Waals surface area contributed by atoms with Gasteiger partial charge in [0, 0.05) is 30.8 Å². The number of nitrogens with zero attached hydrogens (tertiary/aromatic N) is 1. The van der Waals surface area contributed by atoms with Crippen molar-refractivity contribution in [3.63, 3.8) is 0 Å². The number of para-hydroxylation sites is 1. The molecule has 0 aliphatic heterocycles. The molecule has 156 valence electrons. The van der Waals surface area contributed by atoms with Crippen LogP contribution in [0.4, 0.5) is 17.6 Å². The number of hydrogen-bond donors (Lipinski definition) is 2.